The number of aryl methyl sites for hydroxylation is 1. The molecule has 0 spiro atoms. The highest BCUT2D eigenvalue weighted by Crippen LogP contribution is 2.52. The zero-order valence-corrected chi connectivity index (χ0v) is 22.2. The molecule has 2 bridgehead atoms. The lowest BCUT2D eigenvalue weighted by Gasteiger charge is -2.29. The second-order valence-corrected chi connectivity index (χ2v) is 10.2. The topological polar surface area (TPSA) is 116 Å². The average molecular weight is 517 g/mol. The summed E-state index contributed by atoms with van der Waals surface area (Å²) in [6.07, 6.45) is 2.51. The number of hydrogen-bond acceptors (Lipinski definition) is 6. The molecule has 2 atom stereocenters. The molecule has 11 nitrogen and oxygen atoms in total. The van der Waals surface area contributed by atoms with Crippen LogP contribution in [0.3, 0.4) is 0 Å². The second kappa shape index (κ2) is 9.81. The molecule has 0 unspecified atom stereocenters. The molecule has 198 valence electrons. The zero-order chi connectivity index (χ0) is 27.1. The Hall–Kier alpha value is -4.41. The van der Waals surface area contributed by atoms with E-state index in [2.05, 4.69) is 25.6 Å². The summed E-state index contributed by atoms with van der Waals surface area (Å²) in [6, 6.07) is 10.8. The highest BCUT2D eigenvalue weighted by molar-refractivity contribution is 5.95. The Morgan fingerprint density at radius 2 is 1.76 bits per heavy atom. The maximum Gasteiger partial charge on any atom is 0.321 e. The predicted molar refractivity (Wildman–Crippen MR) is 143 cm³/mol. The predicted octanol–water partition coefficient (Wildman–Crippen LogP) is 2.59. The SMILES string of the molecule is CN(C)C(=O)Nc1ccc(CNC(=O)c2nn(C)c3c2[C@H]2C[C@@H]3CN2c2ccc(C(=O)N(C)C)cn2)cc1. The van der Waals surface area contributed by atoms with Gasteiger partial charge >= 0.3 is 6.03 Å². The number of nitrogens with one attached hydrogen (secondary N) is 2. The van der Waals surface area contributed by atoms with E-state index in [9.17, 15) is 14.4 Å². The van der Waals surface area contributed by atoms with Gasteiger partial charge in [-0.2, -0.15) is 5.10 Å². The molecule has 0 saturated carbocycles. The number of urea groups is 1. The van der Waals surface area contributed by atoms with Gasteiger partial charge in [-0.1, -0.05) is 12.1 Å². The molecule has 1 saturated heterocycles. The summed E-state index contributed by atoms with van der Waals surface area (Å²) in [6.45, 7) is 1.13. The highest BCUT2D eigenvalue weighted by Gasteiger charge is 2.48. The van der Waals surface area contributed by atoms with Crippen molar-refractivity contribution in [3.8, 4) is 0 Å². The molecule has 0 radical (unpaired) electrons. The van der Waals surface area contributed by atoms with Crippen molar-refractivity contribution in [2.75, 3.05) is 45.0 Å². The average Bonchev–Trinajstić information content (AvgIpc) is 3.59. The van der Waals surface area contributed by atoms with Crippen molar-refractivity contribution in [1.82, 2.24) is 29.9 Å². The first-order chi connectivity index (χ1) is 18.1. The van der Waals surface area contributed by atoms with Crippen LogP contribution in [0.5, 0.6) is 0 Å². The van der Waals surface area contributed by atoms with Crippen LogP contribution in [-0.2, 0) is 13.6 Å². The van der Waals surface area contributed by atoms with Gasteiger partial charge in [0.1, 0.15) is 5.82 Å². The Labute approximate surface area is 221 Å². The number of fused-ring (bicyclic) bond motifs is 5. The van der Waals surface area contributed by atoms with Crippen molar-refractivity contribution in [2.24, 2.45) is 7.05 Å². The summed E-state index contributed by atoms with van der Waals surface area (Å²) in [5, 5.41) is 10.4. The summed E-state index contributed by atoms with van der Waals surface area (Å²) >= 11 is 0. The van der Waals surface area contributed by atoms with Crippen molar-refractivity contribution in [2.45, 2.75) is 24.9 Å². The number of amides is 4. The van der Waals surface area contributed by atoms with Gasteiger partial charge in [0, 0.05) is 77.4 Å². The van der Waals surface area contributed by atoms with Crippen LogP contribution in [0.1, 0.15) is 56.0 Å². The molecule has 2 N–H and O–H groups in total. The van der Waals surface area contributed by atoms with Crippen molar-refractivity contribution in [3.05, 3.63) is 70.7 Å². The maximum atomic E-state index is 13.3. The van der Waals surface area contributed by atoms with Crippen molar-refractivity contribution in [1.29, 1.82) is 0 Å². The van der Waals surface area contributed by atoms with Crippen LogP contribution in [0, 0.1) is 0 Å². The number of anilines is 2. The molecular formula is C27H32N8O3. The minimum absolute atomic E-state index is 0.00643. The number of carbonyl (C=O) groups is 3. The van der Waals surface area contributed by atoms with E-state index in [0.717, 1.165) is 35.6 Å². The molecule has 38 heavy (non-hydrogen) atoms. The number of benzene rings is 1. The van der Waals surface area contributed by atoms with Gasteiger partial charge in [-0.15, -0.1) is 0 Å². The third-order valence-corrected chi connectivity index (χ3v) is 7.13. The number of rotatable bonds is 6. The Balaban J connectivity index is 1.29. The summed E-state index contributed by atoms with van der Waals surface area (Å²) < 4.78 is 1.83. The van der Waals surface area contributed by atoms with Gasteiger partial charge in [-0.25, -0.2) is 9.78 Å². The lowest BCUT2D eigenvalue weighted by Crippen LogP contribution is -2.31. The monoisotopic (exact) mass is 516 g/mol. The molecule has 1 aromatic carbocycles. The van der Waals surface area contributed by atoms with Crippen LogP contribution >= 0.6 is 0 Å². The van der Waals surface area contributed by atoms with Crippen molar-refractivity contribution < 1.29 is 14.4 Å². The van der Waals surface area contributed by atoms with Crippen molar-refractivity contribution >= 4 is 29.4 Å². The van der Waals surface area contributed by atoms with E-state index in [4.69, 9.17) is 0 Å². The first-order valence-corrected chi connectivity index (χ1v) is 12.5. The largest absolute Gasteiger partial charge is 0.349 e. The Morgan fingerprint density at radius 1 is 1.03 bits per heavy atom. The Bertz CT molecular complexity index is 1380. The van der Waals surface area contributed by atoms with E-state index < -0.39 is 0 Å². The molecule has 11 heteroatoms. The van der Waals surface area contributed by atoms with Crippen LogP contribution in [0.25, 0.3) is 0 Å². The first-order valence-electron chi connectivity index (χ1n) is 12.5. The molecule has 5 rings (SSSR count). The number of nitrogens with zero attached hydrogens (tertiary/aromatic N) is 6. The molecule has 3 aromatic rings. The Kier molecular flexibility index (Phi) is 6.52. The summed E-state index contributed by atoms with van der Waals surface area (Å²) in [7, 11) is 8.68. The van der Waals surface area contributed by atoms with Gasteiger partial charge in [-0.3, -0.25) is 14.3 Å². The van der Waals surface area contributed by atoms with Gasteiger partial charge in [-0.05, 0) is 36.2 Å². The highest BCUT2D eigenvalue weighted by atomic mass is 16.2. The molecular weight excluding hydrogens is 484 g/mol. The van der Waals surface area contributed by atoms with Crippen molar-refractivity contribution in [3.63, 3.8) is 0 Å². The van der Waals surface area contributed by atoms with Crippen LogP contribution < -0.4 is 15.5 Å². The molecule has 2 aliphatic rings. The maximum absolute atomic E-state index is 13.3. The molecule has 4 amide bonds. The van der Waals surface area contributed by atoms with E-state index in [-0.39, 0.29) is 29.8 Å². The lowest BCUT2D eigenvalue weighted by atomic mass is 10.0. The second-order valence-electron chi connectivity index (χ2n) is 10.2. The normalized spacial score (nSPS) is 17.2. The minimum Gasteiger partial charge on any atom is -0.349 e. The summed E-state index contributed by atoms with van der Waals surface area (Å²) in [5.41, 5.74) is 4.64. The van der Waals surface area contributed by atoms with Crippen LogP contribution in [0.2, 0.25) is 0 Å². The van der Waals surface area contributed by atoms with Gasteiger partial charge in [0.25, 0.3) is 11.8 Å². The summed E-state index contributed by atoms with van der Waals surface area (Å²) in [4.78, 5) is 47.1. The third kappa shape index (κ3) is 4.55. The van der Waals surface area contributed by atoms with E-state index in [0.29, 0.717) is 23.5 Å². The fraction of sp³-hybridized carbons (Fsp3) is 0.370. The van der Waals surface area contributed by atoms with Gasteiger partial charge in [0.05, 0.1) is 11.6 Å². The number of aromatic nitrogens is 3. The van der Waals surface area contributed by atoms with Gasteiger partial charge in [0.2, 0.25) is 0 Å². The van der Waals surface area contributed by atoms with E-state index in [1.165, 1.54) is 9.80 Å². The van der Waals surface area contributed by atoms with Gasteiger partial charge < -0.3 is 25.3 Å². The summed E-state index contributed by atoms with van der Waals surface area (Å²) in [5.74, 6) is 0.742. The standard InChI is InChI=1S/C27H32N8O3/c1-32(2)26(37)17-8-11-21(28-14-17)35-15-18-12-20(35)22-23(31-34(5)24(18)22)25(36)29-13-16-6-9-19(10-7-16)30-27(38)33(3)4/h6-11,14,18,20H,12-13,15H2,1-5H3,(H,29,36)(H,30,38)/t18-,20-/m1/s1. The minimum atomic E-state index is -0.223. The van der Waals surface area contributed by atoms with E-state index in [1.807, 2.05) is 42.1 Å². The van der Waals surface area contributed by atoms with Crippen LogP contribution in [0.15, 0.2) is 42.6 Å². The quantitative estimate of drug-likeness (QED) is 0.520. The molecule has 3 heterocycles. The van der Waals surface area contributed by atoms with Gasteiger partial charge in [0.15, 0.2) is 5.69 Å². The van der Waals surface area contributed by atoms with Crippen LogP contribution in [0.4, 0.5) is 16.3 Å². The lowest BCUT2D eigenvalue weighted by molar-refractivity contribution is 0.0826. The fourth-order valence-electron chi connectivity index (χ4n) is 5.24. The third-order valence-electron chi connectivity index (χ3n) is 7.13. The molecule has 1 aliphatic heterocycles. The smallest absolute Gasteiger partial charge is 0.321 e. The Morgan fingerprint density at radius 3 is 2.39 bits per heavy atom. The fourth-order valence-corrected chi connectivity index (χ4v) is 5.24. The molecule has 2 aromatic heterocycles. The van der Waals surface area contributed by atoms with E-state index in [1.54, 1.807) is 40.5 Å². The van der Waals surface area contributed by atoms with E-state index >= 15 is 0 Å². The zero-order valence-electron chi connectivity index (χ0n) is 22.2. The number of carbonyl (C=O) groups excluding carboxylic acids is 3. The first kappa shape index (κ1) is 25.2. The number of hydrogen-bond donors (Lipinski definition) is 2. The molecule has 1 fully saturated rings. The number of pyridine rings is 1. The molecule has 1 aliphatic carbocycles. The van der Waals surface area contributed by atoms with Crippen LogP contribution in [-0.4, -0.2) is 77.1 Å².